The molecule has 88 valence electrons. The van der Waals surface area contributed by atoms with Crippen LogP contribution in [0.2, 0.25) is 0 Å². The lowest BCUT2D eigenvalue weighted by Crippen LogP contribution is -2.28. The van der Waals surface area contributed by atoms with Gasteiger partial charge in [-0.05, 0) is 42.8 Å². The Morgan fingerprint density at radius 1 is 1.41 bits per heavy atom. The van der Waals surface area contributed by atoms with Crippen LogP contribution in [0.4, 0.5) is 0 Å². The summed E-state index contributed by atoms with van der Waals surface area (Å²) in [4.78, 5) is 12.5. The van der Waals surface area contributed by atoms with E-state index in [2.05, 4.69) is 29.8 Å². The van der Waals surface area contributed by atoms with Crippen molar-refractivity contribution in [2.24, 2.45) is 5.92 Å². The van der Waals surface area contributed by atoms with Gasteiger partial charge in [-0.3, -0.25) is 4.79 Å². The van der Waals surface area contributed by atoms with E-state index in [4.69, 9.17) is 0 Å². The molecule has 0 saturated carbocycles. The van der Waals surface area contributed by atoms with Crippen molar-refractivity contribution in [3.8, 4) is 0 Å². The first-order chi connectivity index (χ1) is 8.27. The number of nitrogens with one attached hydrogen (secondary N) is 1. The van der Waals surface area contributed by atoms with E-state index in [0.29, 0.717) is 11.8 Å². The number of benzene rings is 1. The molecule has 2 aromatic rings. The standard InChI is InChI=1S/C14H15NOS/c1-9-11(5-7-15-9)13(16)12-4-2-3-10-6-8-17-14(10)12/h2-4,6,8-9,11,15H,5,7H2,1H3. The third kappa shape index (κ3) is 1.79. The number of carbonyl (C=O) groups is 1. The van der Waals surface area contributed by atoms with Crippen LogP contribution in [-0.2, 0) is 0 Å². The lowest BCUT2D eigenvalue weighted by Gasteiger charge is -2.14. The van der Waals surface area contributed by atoms with Gasteiger partial charge in [0.2, 0.25) is 0 Å². The lowest BCUT2D eigenvalue weighted by molar-refractivity contribution is 0.0916. The first-order valence-electron chi connectivity index (χ1n) is 6.01. The molecular formula is C14H15NOS. The molecule has 0 spiro atoms. The zero-order chi connectivity index (χ0) is 11.8. The minimum Gasteiger partial charge on any atom is -0.313 e. The molecule has 3 heteroatoms. The normalized spacial score (nSPS) is 24.3. The van der Waals surface area contributed by atoms with Crippen LogP contribution in [0.5, 0.6) is 0 Å². The van der Waals surface area contributed by atoms with E-state index < -0.39 is 0 Å². The second kappa shape index (κ2) is 4.24. The highest BCUT2D eigenvalue weighted by Crippen LogP contribution is 2.29. The quantitative estimate of drug-likeness (QED) is 0.824. The number of hydrogen-bond acceptors (Lipinski definition) is 3. The van der Waals surface area contributed by atoms with Gasteiger partial charge >= 0.3 is 0 Å². The van der Waals surface area contributed by atoms with E-state index in [9.17, 15) is 4.79 Å². The smallest absolute Gasteiger partial charge is 0.168 e. The van der Waals surface area contributed by atoms with Crippen LogP contribution >= 0.6 is 11.3 Å². The molecule has 1 aromatic heterocycles. The molecule has 2 heterocycles. The van der Waals surface area contributed by atoms with Crippen molar-refractivity contribution in [2.45, 2.75) is 19.4 Å². The number of carbonyl (C=O) groups excluding carboxylic acids is 1. The van der Waals surface area contributed by atoms with Gasteiger partial charge in [0.15, 0.2) is 5.78 Å². The molecule has 0 radical (unpaired) electrons. The van der Waals surface area contributed by atoms with Crippen LogP contribution < -0.4 is 5.32 Å². The molecule has 1 saturated heterocycles. The highest BCUT2D eigenvalue weighted by Gasteiger charge is 2.30. The summed E-state index contributed by atoms with van der Waals surface area (Å²) in [6, 6.07) is 8.39. The topological polar surface area (TPSA) is 29.1 Å². The van der Waals surface area contributed by atoms with Crippen LogP contribution in [0, 0.1) is 5.92 Å². The highest BCUT2D eigenvalue weighted by molar-refractivity contribution is 7.17. The molecule has 1 N–H and O–H groups in total. The third-order valence-electron chi connectivity index (χ3n) is 3.61. The van der Waals surface area contributed by atoms with Crippen molar-refractivity contribution in [3.63, 3.8) is 0 Å². The Bertz CT molecular complexity index is 560. The third-order valence-corrected chi connectivity index (χ3v) is 4.57. The average molecular weight is 245 g/mol. The summed E-state index contributed by atoms with van der Waals surface area (Å²) >= 11 is 1.66. The number of thiophene rings is 1. The summed E-state index contributed by atoms with van der Waals surface area (Å²) in [5.74, 6) is 0.443. The summed E-state index contributed by atoms with van der Waals surface area (Å²) in [6.45, 7) is 3.06. The average Bonchev–Trinajstić information content (AvgIpc) is 2.95. The zero-order valence-electron chi connectivity index (χ0n) is 9.77. The monoisotopic (exact) mass is 245 g/mol. The molecule has 17 heavy (non-hydrogen) atoms. The van der Waals surface area contributed by atoms with E-state index in [1.807, 2.05) is 12.1 Å². The molecule has 3 rings (SSSR count). The van der Waals surface area contributed by atoms with E-state index in [1.54, 1.807) is 11.3 Å². The summed E-state index contributed by atoms with van der Waals surface area (Å²) < 4.78 is 1.14. The van der Waals surface area contributed by atoms with Gasteiger partial charge in [0, 0.05) is 22.2 Å². The molecule has 1 aromatic carbocycles. The number of ketones is 1. The molecule has 0 bridgehead atoms. The van der Waals surface area contributed by atoms with Crippen LogP contribution in [0.1, 0.15) is 23.7 Å². The van der Waals surface area contributed by atoms with Crippen LogP contribution in [0.15, 0.2) is 29.6 Å². The largest absolute Gasteiger partial charge is 0.313 e. The van der Waals surface area contributed by atoms with Gasteiger partial charge in [-0.15, -0.1) is 11.3 Å². The van der Waals surface area contributed by atoms with Crippen molar-refractivity contribution in [1.29, 1.82) is 0 Å². The predicted octanol–water partition coefficient (Wildman–Crippen LogP) is 3.08. The second-order valence-electron chi connectivity index (χ2n) is 4.65. The number of hydrogen-bond donors (Lipinski definition) is 1. The molecule has 0 aliphatic carbocycles. The van der Waals surface area contributed by atoms with Crippen LogP contribution in [0.3, 0.4) is 0 Å². The maximum absolute atomic E-state index is 12.5. The van der Waals surface area contributed by atoms with Gasteiger partial charge in [0.25, 0.3) is 0 Å². The van der Waals surface area contributed by atoms with E-state index in [1.165, 1.54) is 5.39 Å². The van der Waals surface area contributed by atoms with Crippen molar-refractivity contribution in [2.75, 3.05) is 6.54 Å². The van der Waals surface area contributed by atoms with Gasteiger partial charge in [0.05, 0.1) is 0 Å². The SMILES string of the molecule is CC1NCCC1C(=O)c1cccc2ccsc12. The molecule has 1 aliphatic heterocycles. The van der Waals surface area contributed by atoms with Gasteiger partial charge in [-0.1, -0.05) is 12.1 Å². The molecule has 0 amide bonds. The molecule has 1 aliphatic rings. The number of Topliss-reactive ketones (excluding diaryl/α,β-unsaturated/α-hetero) is 1. The fourth-order valence-corrected chi connectivity index (χ4v) is 3.52. The maximum Gasteiger partial charge on any atom is 0.168 e. The fourth-order valence-electron chi connectivity index (χ4n) is 2.60. The van der Waals surface area contributed by atoms with Crippen molar-refractivity contribution in [3.05, 3.63) is 35.2 Å². The van der Waals surface area contributed by atoms with Crippen molar-refractivity contribution >= 4 is 27.2 Å². The minimum atomic E-state index is 0.141. The van der Waals surface area contributed by atoms with Gasteiger partial charge < -0.3 is 5.32 Å². The molecule has 2 nitrogen and oxygen atoms in total. The van der Waals surface area contributed by atoms with Crippen molar-refractivity contribution in [1.82, 2.24) is 5.32 Å². The van der Waals surface area contributed by atoms with E-state index in [-0.39, 0.29) is 5.92 Å². The highest BCUT2D eigenvalue weighted by atomic mass is 32.1. The molecule has 2 unspecified atom stereocenters. The summed E-state index contributed by atoms with van der Waals surface area (Å²) in [5.41, 5.74) is 0.901. The first-order valence-corrected chi connectivity index (χ1v) is 6.89. The Kier molecular flexibility index (Phi) is 2.73. The maximum atomic E-state index is 12.5. The molecule has 1 fully saturated rings. The lowest BCUT2D eigenvalue weighted by atomic mass is 9.91. The Hall–Kier alpha value is -1.19. The van der Waals surface area contributed by atoms with E-state index >= 15 is 0 Å². The van der Waals surface area contributed by atoms with Crippen molar-refractivity contribution < 1.29 is 4.79 Å². The Balaban J connectivity index is 2.03. The van der Waals surface area contributed by atoms with Gasteiger partial charge in [0.1, 0.15) is 0 Å². The zero-order valence-corrected chi connectivity index (χ0v) is 10.6. The number of rotatable bonds is 2. The Labute approximate surface area is 105 Å². The predicted molar refractivity (Wildman–Crippen MR) is 71.7 cm³/mol. The Morgan fingerprint density at radius 2 is 2.29 bits per heavy atom. The number of fused-ring (bicyclic) bond motifs is 1. The fraction of sp³-hybridized carbons (Fsp3) is 0.357. The molecular weight excluding hydrogens is 230 g/mol. The Morgan fingerprint density at radius 3 is 3.06 bits per heavy atom. The summed E-state index contributed by atoms with van der Waals surface area (Å²) in [5, 5.41) is 6.58. The van der Waals surface area contributed by atoms with Gasteiger partial charge in [-0.25, -0.2) is 0 Å². The summed E-state index contributed by atoms with van der Waals surface area (Å²) in [6.07, 6.45) is 0.960. The van der Waals surface area contributed by atoms with E-state index in [0.717, 1.165) is 23.2 Å². The second-order valence-corrected chi connectivity index (χ2v) is 5.56. The minimum absolute atomic E-state index is 0.141. The first kappa shape index (κ1) is 10.9. The summed E-state index contributed by atoms with van der Waals surface area (Å²) in [7, 11) is 0. The van der Waals surface area contributed by atoms with Crippen LogP contribution in [-0.4, -0.2) is 18.4 Å². The molecule has 2 atom stereocenters. The van der Waals surface area contributed by atoms with Gasteiger partial charge in [-0.2, -0.15) is 0 Å². The van der Waals surface area contributed by atoms with Crippen LogP contribution in [0.25, 0.3) is 10.1 Å².